The molecule has 0 radical (unpaired) electrons. The van der Waals surface area contributed by atoms with Crippen molar-refractivity contribution in [2.75, 3.05) is 0 Å². The molecule has 0 aliphatic heterocycles. The van der Waals surface area contributed by atoms with Gasteiger partial charge in [-0.3, -0.25) is 0 Å². The van der Waals surface area contributed by atoms with Crippen molar-refractivity contribution >= 4 is 11.4 Å². The Bertz CT molecular complexity index is 367. The average molecular weight is 218 g/mol. The molecule has 0 heterocycles. The predicted molar refractivity (Wildman–Crippen MR) is 67.9 cm³/mol. The molecule has 3 nitrogen and oxygen atoms in total. The van der Waals surface area contributed by atoms with Gasteiger partial charge in [-0.05, 0) is 26.3 Å². The predicted octanol–water partition coefficient (Wildman–Crippen LogP) is 3.01. The Labute approximate surface area is 96.8 Å². The van der Waals surface area contributed by atoms with Gasteiger partial charge in [0.25, 0.3) is 0 Å². The fourth-order valence-electron chi connectivity index (χ4n) is 1.18. The third-order valence-corrected chi connectivity index (χ3v) is 1.89. The van der Waals surface area contributed by atoms with Crippen LogP contribution in [0.15, 0.2) is 42.1 Å². The summed E-state index contributed by atoms with van der Waals surface area (Å²) in [4.78, 5) is 5.21. The second-order valence-corrected chi connectivity index (χ2v) is 3.78. The van der Waals surface area contributed by atoms with Crippen molar-refractivity contribution in [2.24, 2.45) is 5.16 Å². The molecule has 0 aromatic heterocycles. The van der Waals surface area contributed by atoms with Gasteiger partial charge in [0.15, 0.2) is 6.23 Å². The van der Waals surface area contributed by atoms with Crippen molar-refractivity contribution in [2.45, 2.75) is 27.0 Å². The number of nitrogens with zero attached hydrogens (tertiary/aromatic N) is 1. The van der Waals surface area contributed by atoms with E-state index in [1.807, 2.05) is 51.1 Å². The summed E-state index contributed by atoms with van der Waals surface area (Å²) in [7, 11) is 0. The molecule has 0 aliphatic carbocycles. The highest BCUT2D eigenvalue weighted by Crippen LogP contribution is 2.09. The molecule has 0 aliphatic rings. The standard InChI is InChI=1S/C13H18N2O/c1-10(2)15-16-12(4)14-11(3)13-8-6-5-7-9-13/h5-9,12,14H,3H2,1-2,4H3. The number of nitrogens with one attached hydrogen (secondary N) is 1. The highest BCUT2D eigenvalue weighted by Gasteiger charge is 2.03. The minimum absolute atomic E-state index is 0.192. The summed E-state index contributed by atoms with van der Waals surface area (Å²) in [6, 6.07) is 9.92. The Morgan fingerprint density at radius 3 is 2.50 bits per heavy atom. The first-order valence-corrected chi connectivity index (χ1v) is 5.27. The van der Waals surface area contributed by atoms with E-state index in [0.29, 0.717) is 0 Å². The summed E-state index contributed by atoms with van der Waals surface area (Å²) in [5.41, 5.74) is 2.77. The van der Waals surface area contributed by atoms with E-state index in [4.69, 9.17) is 4.84 Å². The second kappa shape index (κ2) is 5.95. The van der Waals surface area contributed by atoms with Crippen molar-refractivity contribution in [1.82, 2.24) is 5.32 Å². The molecule has 0 bridgehead atoms. The van der Waals surface area contributed by atoms with Crippen LogP contribution in [0.2, 0.25) is 0 Å². The topological polar surface area (TPSA) is 33.6 Å². The van der Waals surface area contributed by atoms with Crippen LogP contribution < -0.4 is 5.32 Å². The Morgan fingerprint density at radius 2 is 1.94 bits per heavy atom. The lowest BCUT2D eigenvalue weighted by molar-refractivity contribution is 0.0600. The number of oxime groups is 1. The van der Waals surface area contributed by atoms with Crippen LogP contribution in [0.4, 0.5) is 0 Å². The lowest BCUT2D eigenvalue weighted by Crippen LogP contribution is -2.25. The molecule has 3 heteroatoms. The van der Waals surface area contributed by atoms with E-state index in [0.717, 1.165) is 17.0 Å². The molecule has 0 fully saturated rings. The van der Waals surface area contributed by atoms with Gasteiger partial charge < -0.3 is 10.2 Å². The first kappa shape index (κ1) is 12.3. The van der Waals surface area contributed by atoms with Crippen LogP contribution in [-0.4, -0.2) is 11.9 Å². The van der Waals surface area contributed by atoms with Gasteiger partial charge in [-0.2, -0.15) is 0 Å². The third-order valence-electron chi connectivity index (χ3n) is 1.89. The summed E-state index contributed by atoms with van der Waals surface area (Å²) < 4.78 is 0. The highest BCUT2D eigenvalue weighted by molar-refractivity contribution is 5.78. The summed E-state index contributed by atoms with van der Waals surface area (Å²) in [6.07, 6.45) is -0.192. The van der Waals surface area contributed by atoms with E-state index in [1.54, 1.807) is 0 Å². The average Bonchev–Trinajstić information content (AvgIpc) is 2.27. The van der Waals surface area contributed by atoms with Crippen molar-refractivity contribution in [3.05, 3.63) is 42.5 Å². The Kier molecular flexibility index (Phi) is 4.58. The maximum absolute atomic E-state index is 5.21. The lowest BCUT2D eigenvalue weighted by Gasteiger charge is -2.15. The van der Waals surface area contributed by atoms with Crippen LogP contribution in [0.25, 0.3) is 5.70 Å². The SMILES string of the molecule is C=C(NC(C)ON=C(C)C)c1ccccc1. The minimum Gasteiger partial charge on any atom is -0.371 e. The van der Waals surface area contributed by atoms with E-state index in [1.165, 1.54) is 0 Å². The molecular weight excluding hydrogens is 200 g/mol. The molecule has 1 rings (SSSR count). The summed E-state index contributed by atoms with van der Waals surface area (Å²) >= 11 is 0. The number of rotatable bonds is 5. The molecule has 1 aromatic carbocycles. The van der Waals surface area contributed by atoms with Gasteiger partial charge in [0.2, 0.25) is 0 Å². The zero-order valence-corrected chi connectivity index (χ0v) is 10.0. The van der Waals surface area contributed by atoms with Gasteiger partial charge in [-0.15, -0.1) is 0 Å². The maximum Gasteiger partial charge on any atom is 0.194 e. The van der Waals surface area contributed by atoms with Gasteiger partial charge >= 0.3 is 0 Å². The summed E-state index contributed by atoms with van der Waals surface area (Å²) in [6.45, 7) is 9.62. The molecule has 0 saturated heterocycles. The van der Waals surface area contributed by atoms with E-state index in [-0.39, 0.29) is 6.23 Å². The third kappa shape index (κ3) is 4.17. The molecular formula is C13H18N2O. The van der Waals surface area contributed by atoms with Gasteiger partial charge in [0.05, 0.1) is 5.71 Å². The first-order valence-electron chi connectivity index (χ1n) is 5.27. The molecule has 1 aromatic rings. The van der Waals surface area contributed by atoms with Crippen molar-refractivity contribution < 1.29 is 4.84 Å². The van der Waals surface area contributed by atoms with Crippen LogP contribution in [0.5, 0.6) is 0 Å². The second-order valence-electron chi connectivity index (χ2n) is 3.78. The first-order chi connectivity index (χ1) is 7.59. The molecule has 0 spiro atoms. The fraction of sp³-hybridized carbons (Fsp3) is 0.308. The summed E-state index contributed by atoms with van der Waals surface area (Å²) in [5, 5.41) is 7.01. The fourth-order valence-corrected chi connectivity index (χ4v) is 1.18. The highest BCUT2D eigenvalue weighted by atomic mass is 16.6. The maximum atomic E-state index is 5.21. The van der Waals surface area contributed by atoms with Crippen LogP contribution in [0, 0.1) is 0 Å². The molecule has 86 valence electrons. The minimum atomic E-state index is -0.192. The molecule has 1 atom stereocenters. The Hall–Kier alpha value is -1.77. The molecule has 0 amide bonds. The summed E-state index contributed by atoms with van der Waals surface area (Å²) in [5.74, 6) is 0. The van der Waals surface area contributed by atoms with Gasteiger partial charge in [0.1, 0.15) is 0 Å². The Balaban J connectivity index is 2.49. The smallest absolute Gasteiger partial charge is 0.194 e. The lowest BCUT2D eigenvalue weighted by atomic mass is 10.2. The van der Waals surface area contributed by atoms with E-state index in [2.05, 4.69) is 17.1 Å². The normalized spacial score (nSPS) is 11.4. The largest absolute Gasteiger partial charge is 0.371 e. The zero-order chi connectivity index (χ0) is 12.0. The number of hydrogen-bond donors (Lipinski definition) is 1. The van der Waals surface area contributed by atoms with Crippen molar-refractivity contribution in [1.29, 1.82) is 0 Å². The monoisotopic (exact) mass is 218 g/mol. The molecule has 16 heavy (non-hydrogen) atoms. The van der Waals surface area contributed by atoms with E-state index in [9.17, 15) is 0 Å². The Morgan fingerprint density at radius 1 is 1.31 bits per heavy atom. The number of hydrogen-bond acceptors (Lipinski definition) is 3. The molecule has 1 unspecified atom stereocenters. The van der Waals surface area contributed by atoms with Gasteiger partial charge in [-0.25, -0.2) is 0 Å². The van der Waals surface area contributed by atoms with Crippen LogP contribution in [0.1, 0.15) is 26.3 Å². The van der Waals surface area contributed by atoms with Gasteiger partial charge in [0, 0.05) is 5.70 Å². The zero-order valence-electron chi connectivity index (χ0n) is 10.0. The van der Waals surface area contributed by atoms with Crippen molar-refractivity contribution in [3.8, 4) is 0 Å². The number of benzene rings is 1. The van der Waals surface area contributed by atoms with Crippen LogP contribution in [0.3, 0.4) is 0 Å². The quantitative estimate of drug-likeness (QED) is 0.468. The van der Waals surface area contributed by atoms with E-state index < -0.39 is 0 Å². The van der Waals surface area contributed by atoms with Crippen LogP contribution >= 0.6 is 0 Å². The van der Waals surface area contributed by atoms with Crippen LogP contribution in [-0.2, 0) is 4.84 Å². The van der Waals surface area contributed by atoms with Crippen molar-refractivity contribution in [3.63, 3.8) is 0 Å². The molecule has 0 saturated carbocycles. The molecule has 1 N–H and O–H groups in total. The van der Waals surface area contributed by atoms with E-state index >= 15 is 0 Å². The van der Waals surface area contributed by atoms with Gasteiger partial charge in [-0.1, -0.05) is 42.1 Å².